The Morgan fingerprint density at radius 2 is 2.00 bits per heavy atom. The number of carbonyl (C=O) groups is 1. The van der Waals surface area contributed by atoms with Gasteiger partial charge in [-0.3, -0.25) is 4.79 Å². The Balaban J connectivity index is 1.97. The molecule has 3 nitrogen and oxygen atoms in total. The van der Waals surface area contributed by atoms with Crippen LogP contribution in [0.1, 0.15) is 35.7 Å². The summed E-state index contributed by atoms with van der Waals surface area (Å²) in [5.74, 6) is 1.91. The van der Waals surface area contributed by atoms with Gasteiger partial charge >= 0.3 is 0 Å². The van der Waals surface area contributed by atoms with Gasteiger partial charge in [-0.25, -0.2) is 4.99 Å². The van der Waals surface area contributed by atoms with Crippen LogP contribution >= 0.6 is 11.3 Å². The summed E-state index contributed by atoms with van der Waals surface area (Å²) in [6.07, 6.45) is 1.48. The molecule has 2 aromatic rings. The van der Waals surface area contributed by atoms with Gasteiger partial charge < -0.3 is 4.42 Å². The number of ketones is 1. The lowest BCUT2D eigenvalue weighted by molar-refractivity contribution is 0.0930. The molecule has 20 heavy (non-hydrogen) atoms. The SMILES string of the molecule is CC(C)C1CC(=O)c2sc(=Nc3ccccc3)oc2C1. The van der Waals surface area contributed by atoms with E-state index in [0.717, 1.165) is 22.7 Å². The second-order valence-corrected chi connectivity index (χ2v) is 6.47. The van der Waals surface area contributed by atoms with E-state index in [-0.39, 0.29) is 5.78 Å². The zero-order valence-electron chi connectivity index (χ0n) is 11.6. The smallest absolute Gasteiger partial charge is 0.279 e. The van der Waals surface area contributed by atoms with E-state index in [2.05, 4.69) is 18.8 Å². The fourth-order valence-corrected chi connectivity index (χ4v) is 3.33. The highest BCUT2D eigenvalue weighted by molar-refractivity contribution is 7.11. The summed E-state index contributed by atoms with van der Waals surface area (Å²) in [4.78, 5) is 18.0. The fourth-order valence-electron chi connectivity index (χ4n) is 2.43. The molecule has 0 radical (unpaired) electrons. The van der Waals surface area contributed by atoms with Crippen molar-refractivity contribution >= 4 is 22.8 Å². The zero-order valence-corrected chi connectivity index (χ0v) is 12.4. The highest BCUT2D eigenvalue weighted by Gasteiger charge is 2.30. The van der Waals surface area contributed by atoms with Crippen molar-refractivity contribution in [3.05, 3.63) is 45.8 Å². The Kier molecular flexibility index (Phi) is 3.57. The lowest BCUT2D eigenvalue weighted by Crippen LogP contribution is -2.22. The standard InChI is InChI=1S/C16H17NO2S/c1-10(2)11-8-13(18)15-14(9-11)19-16(20-15)17-12-6-4-3-5-7-12/h3-7,10-11H,8-9H2,1-2H3. The maximum atomic E-state index is 12.2. The van der Waals surface area contributed by atoms with Crippen LogP contribution in [0.4, 0.5) is 5.69 Å². The van der Waals surface area contributed by atoms with Crippen molar-refractivity contribution in [2.75, 3.05) is 0 Å². The minimum atomic E-state index is 0.202. The molecular weight excluding hydrogens is 270 g/mol. The van der Waals surface area contributed by atoms with E-state index in [1.165, 1.54) is 11.3 Å². The molecular formula is C16H17NO2S. The van der Waals surface area contributed by atoms with Crippen LogP contribution in [0.5, 0.6) is 0 Å². The van der Waals surface area contributed by atoms with E-state index in [4.69, 9.17) is 4.42 Å². The Morgan fingerprint density at radius 1 is 1.25 bits per heavy atom. The predicted octanol–water partition coefficient (Wildman–Crippen LogP) is 3.97. The van der Waals surface area contributed by atoms with Crippen LogP contribution in [0, 0.1) is 11.8 Å². The van der Waals surface area contributed by atoms with E-state index < -0.39 is 0 Å². The Morgan fingerprint density at radius 3 is 2.70 bits per heavy atom. The van der Waals surface area contributed by atoms with Gasteiger partial charge in [0, 0.05) is 12.8 Å². The first-order valence-electron chi connectivity index (χ1n) is 6.89. The van der Waals surface area contributed by atoms with Crippen molar-refractivity contribution in [2.24, 2.45) is 16.8 Å². The molecule has 3 rings (SSSR count). The van der Waals surface area contributed by atoms with Gasteiger partial charge in [-0.05, 0) is 24.0 Å². The van der Waals surface area contributed by atoms with Crippen LogP contribution < -0.4 is 4.87 Å². The third-order valence-corrected chi connectivity index (χ3v) is 4.73. The number of benzene rings is 1. The molecule has 0 saturated heterocycles. The quantitative estimate of drug-likeness (QED) is 0.838. The van der Waals surface area contributed by atoms with E-state index >= 15 is 0 Å². The molecule has 0 aliphatic heterocycles. The van der Waals surface area contributed by atoms with Crippen LogP contribution in [-0.4, -0.2) is 5.78 Å². The number of rotatable bonds is 2. The van der Waals surface area contributed by atoms with Gasteiger partial charge in [0.25, 0.3) is 4.87 Å². The van der Waals surface area contributed by atoms with Gasteiger partial charge in [-0.15, -0.1) is 0 Å². The Bertz CT molecular complexity index is 682. The summed E-state index contributed by atoms with van der Waals surface area (Å²) in [7, 11) is 0. The van der Waals surface area contributed by atoms with Crippen LogP contribution in [0.3, 0.4) is 0 Å². The third kappa shape index (κ3) is 2.61. The van der Waals surface area contributed by atoms with Gasteiger partial charge in [0.15, 0.2) is 5.78 Å². The van der Waals surface area contributed by atoms with Crippen molar-refractivity contribution in [3.63, 3.8) is 0 Å². The van der Waals surface area contributed by atoms with Gasteiger partial charge in [0.2, 0.25) is 0 Å². The van der Waals surface area contributed by atoms with Crippen LogP contribution in [0.25, 0.3) is 0 Å². The van der Waals surface area contributed by atoms with Crippen molar-refractivity contribution < 1.29 is 9.21 Å². The minimum absolute atomic E-state index is 0.202. The van der Waals surface area contributed by atoms with Gasteiger partial charge in [0.1, 0.15) is 10.6 Å². The summed E-state index contributed by atoms with van der Waals surface area (Å²) in [6.45, 7) is 4.31. The molecule has 1 aromatic carbocycles. The zero-order chi connectivity index (χ0) is 14.1. The summed E-state index contributed by atoms with van der Waals surface area (Å²) < 4.78 is 5.79. The molecule has 1 aromatic heterocycles. The predicted molar refractivity (Wildman–Crippen MR) is 79.2 cm³/mol. The largest absolute Gasteiger partial charge is 0.434 e. The molecule has 0 amide bonds. The van der Waals surface area contributed by atoms with E-state index in [0.29, 0.717) is 23.1 Å². The van der Waals surface area contributed by atoms with Gasteiger partial charge in [0.05, 0.1) is 5.69 Å². The third-order valence-electron chi connectivity index (χ3n) is 3.72. The normalized spacial score (nSPS) is 19.4. The highest BCUT2D eigenvalue weighted by atomic mass is 32.1. The molecule has 0 bridgehead atoms. The number of para-hydroxylation sites is 1. The Labute approximate surface area is 122 Å². The average molecular weight is 287 g/mol. The number of hydrogen-bond donors (Lipinski definition) is 0. The first kappa shape index (κ1) is 13.3. The molecule has 1 aliphatic rings. The molecule has 0 fully saturated rings. The van der Waals surface area contributed by atoms with Crippen molar-refractivity contribution in [1.29, 1.82) is 0 Å². The van der Waals surface area contributed by atoms with Crippen LogP contribution in [0.15, 0.2) is 39.7 Å². The van der Waals surface area contributed by atoms with Gasteiger partial charge in [-0.1, -0.05) is 43.4 Å². The molecule has 4 heteroatoms. The van der Waals surface area contributed by atoms with Crippen molar-refractivity contribution in [1.82, 2.24) is 0 Å². The second kappa shape index (κ2) is 5.37. The Hall–Kier alpha value is -1.68. The van der Waals surface area contributed by atoms with Crippen LogP contribution in [0.2, 0.25) is 0 Å². The molecule has 0 N–H and O–H groups in total. The fraction of sp³-hybridized carbons (Fsp3) is 0.375. The number of nitrogens with zero attached hydrogens (tertiary/aromatic N) is 1. The molecule has 1 heterocycles. The molecule has 1 unspecified atom stereocenters. The van der Waals surface area contributed by atoms with E-state index in [9.17, 15) is 4.79 Å². The maximum absolute atomic E-state index is 12.2. The molecule has 0 saturated carbocycles. The summed E-state index contributed by atoms with van der Waals surface area (Å²) in [5.41, 5.74) is 0.850. The highest BCUT2D eigenvalue weighted by Crippen LogP contribution is 2.31. The van der Waals surface area contributed by atoms with Crippen LogP contribution in [-0.2, 0) is 6.42 Å². The van der Waals surface area contributed by atoms with Crippen molar-refractivity contribution in [3.8, 4) is 0 Å². The second-order valence-electron chi connectivity index (χ2n) is 5.51. The number of fused-ring (bicyclic) bond motifs is 1. The van der Waals surface area contributed by atoms with Crippen molar-refractivity contribution in [2.45, 2.75) is 26.7 Å². The topological polar surface area (TPSA) is 42.6 Å². The molecule has 1 aliphatic carbocycles. The molecule has 0 spiro atoms. The summed E-state index contributed by atoms with van der Waals surface area (Å²) in [5, 5.41) is 0. The molecule has 104 valence electrons. The molecule has 1 atom stereocenters. The summed E-state index contributed by atoms with van der Waals surface area (Å²) >= 11 is 1.37. The lowest BCUT2D eigenvalue weighted by Gasteiger charge is -2.22. The number of carbonyl (C=O) groups excluding carboxylic acids is 1. The van der Waals surface area contributed by atoms with Gasteiger partial charge in [-0.2, -0.15) is 0 Å². The minimum Gasteiger partial charge on any atom is -0.434 e. The monoisotopic (exact) mass is 287 g/mol. The first-order valence-corrected chi connectivity index (χ1v) is 7.71. The first-order chi connectivity index (χ1) is 9.63. The number of hydrogen-bond acceptors (Lipinski definition) is 4. The van der Waals surface area contributed by atoms with E-state index in [1.54, 1.807) is 0 Å². The summed E-state index contributed by atoms with van der Waals surface area (Å²) in [6, 6.07) is 9.67. The maximum Gasteiger partial charge on any atom is 0.279 e. The lowest BCUT2D eigenvalue weighted by atomic mass is 9.83. The average Bonchev–Trinajstić information content (AvgIpc) is 2.83. The van der Waals surface area contributed by atoms with E-state index in [1.807, 2.05) is 30.3 Å². The number of Topliss-reactive ketones (excluding diaryl/α,β-unsaturated/α-hetero) is 1.